The third-order valence-corrected chi connectivity index (χ3v) is 7.60. The summed E-state index contributed by atoms with van der Waals surface area (Å²) < 4.78 is 66.1. The molecule has 3 rings (SSSR count). The minimum absolute atomic E-state index is 0.0477. The number of likely N-dealkylation sites (N-methyl/N-ethyl adjacent to an activating group) is 1. The van der Waals surface area contributed by atoms with Gasteiger partial charge in [-0.2, -0.15) is 17.5 Å². The summed E-state index contributed by atoms with van der Waals surface area (Å²) in [4.78, 5) is 14.6. The number of sulfonamides is 1. The van der Waals surface area contributed by atoms with Crippen molar-refractivity contribution >= 4 is 21.6 Å². The molecular formula is C19H26F3N3O3S. The van der Waals surface area contributed by atoms with Crippen LogP contribution in [0.5, 0.6) is 0 Å². The van der Waals surface area contributed by atoms with Crippen LogP contribution in [0, 0.1) is 11.8 Å². The van der Waals surface area contributed by atoms with Gasteiger partial charge in [-0.05, 0) is 44.5 Å². The normalized spacial score (nSPS) is 25.0. The van der Waals surface area contributed by atoms with Crippen LogP contribution in [0.3, 0.4) is 0 Å². The fourth-order valence-electron chi connectivity index (χ4n) is 3.88. The Kier molecular flexibility index (Phi) is 6.54. The smallest absolute Gasteiger partial charge is 0.326 e. The van der Waals surface area contributed by atoms with Crippen molar-refractivity contribution < 1.29 is 26.4 Å². The lowest BCUT2D eigenvalue weighted by Crippen LogP contribution is -2.47. The van der Waals surface area contributed by atoms with Crippen LogP contribution >= 0.6 is 0 Å². The molecule has 0 spiro atoms. The zero-order chi connectivity index (χ0) is 21.2. The van der Waals surface area contributed by atoms with E-state index in [-0.39, 0.29) is 23.4 Å². The van der Waals surface area contributed by atoms with Crippen molar-refractivity contribution in [2.24, 2.45) is 11.8 Å². The largest absolute Gasteiger partial charge is 0.391 e. The van der Waals surface area contributed by atoms with Gasteiger partial charge in [0, 0.05) is 37.8 Å². The molecule has 1 aliphatic heterocycles. The predicted molar refractivity (Wildman–Crippen MR) is 103 cm³/mol. The summed E-state index contributed by atoms with van der Waals surface area (Å²) in [5.74, 6) is -2.68. The molecule has 29 heavy (non-hydrogen) atoms. The standard InChI is InChI=1S/C19H26F3N3O3S/c1-24-8-10-25(11-9-24)29(27,28)17-7-3-6-16(13-17)23-18(26)14-4-2-5-15(12-14)19(20,21)22/h3,6-7,13-15H,2,4-5,8-12H2,1H3,(H,23,26). The lowest BCUT2D eigenvalue weighted by Gasteiger charge is -2.31. The number of amides is 1. The molecule has 1 N–H and O–H groups in total. The van der Waals surface area contributed by atoms with E-state index in [1.165, 1.54) is 22.5 Å². The Labute approximate surface area is 169 Å². The van der Waals surface area contributed by atoms with Crippen molar-refractivity contribution in [2.45, 2.75) is 36.8 Å². The summed E-state index contributed by atoms with van der Waals surface area (Å²) in [5, 5.41) is 2.61. The summed E-state index contributed by atoms with van der Waals surface area (Å²) >= 11 is 0. The van der Waals surface area contributed by atoms with Gasteiger partial charge >= 0.3 is 6.18 Å². The second-order valence-corrected chi connectivity index (χ2v) is 9.76. The highest BCUT2D eigenvalue weighted by atomic mass is 32.2. The predicted octanol–water partition coefficient (Wildman–Crippen LogP) is 2.93. The third-order valence-electron chi connectivity index (χ3n) is 5.71. The number of hydrogen-bond donors (Lipinski definition) is 1. The molecule has 0 aromatic heterocycles. The molecule has 2 unspecified atom stereocenters. The van der Waals surface area contributed by atoms with Crippen LogP contribution < -0.4 is 5.32 Å². The third kappa shape index (κ3) is 5.29. The summed E-state index contributed by atoms with van der Waals surface area (Å²) in [6, 6.07) is 5.90. The molecule has 1 heterocycles. The van der Waals surface area contributed by atoms with Gasteiger partial charge in [-0.3, -0.25) is 4.79 Å². The van der Waals surface area contributed by atoms with E-state index in [9.17, 15) is 26.4 Å². The lowest BCUT2D eigenvalue weighted by atomic mass is 9.80. The maximum atomic E-state index is 13.0. The number of benzene rings is 1. The van der Waals surface area contributed by atoms with Gasteiger partial charge in [-0.15, -0.1) is 0 Å². The molecule has 6 nitrogen and oxygen atoms in total. The van der Waals surface area contributed by atoms with Crippen LogP contribution in [0.15, 0.2) is 29.2 Å². The monoisotopic (exact) mass is 433 g/mol. The van der Waals surface area contributed by atoms with E-state index in [0.29, 0.717) is 39.0 Å². The molecule has 1 saturated carbocycles. The summed E-state index contributed by atoms with van der Waals surface area (Å²) in [6.45, 7) is 2.04. The van der Waals surface area contributed by atoms with E-state index in [1.807, 2.05) is 11.9 Å². The number of hydrogen-bond acceptors (Lipinski definition) is 4. The first-order chi connectivity index (χ1) is 13.6. The van der Waals surface area contributed by atoms with Gasteiger partial charge in [0.05, 0.1) is 10.8 Å². The molecule has 1 aromatic carbocycles. The molecule has 1 amide bonds. The van der Waals surface area contributed by atoms with Gasteiger partial charge < -0.3 is 10.2 Å². The number of alkyl halides is 3. The second kappa shape index (κ2) is 8.61. The molecule has 1 aliphatic carbocycles. The Hall–Kier alpha value is -1.65. The van der Waals surface area contributed by atoms with Gasteiger partial charge in [0.1, 0.15) is 0 Å². The number of halogens is 3. The minimum atomic E-state index is -4.30. The summed E-state index contributed by atoms with van der Waals surface area (Å²) in [5.41, 5.74) is 0.277. The Morgan fingerprint density at radius 2 is 1.83 bits per heavy atom. The maximum absolute atomic E-state index is 13.0. The SMILES string of the molecule is CN1CCN(S(=O)(=O)c2cccc(NC(=O)C3CCCC(C(F)(F)F)C3)c2)CC1. The topological polar surface area (TPSA) is 69.7 Å². The molecule has 2 atom stereocenters. The molecule has 1 aromatic rings. The first-order valence-electron chi connectivity index (χ1n) is 9.73. The molecule has 10 heteroatoms. The number of nitrogens with one attached hydrogen (secondary N) is 1. The van der Waals surface area contributed by atoms with Gasteiger partial charge in [0.2, 0.25) is 15.9 Å². The number of piperazine rings is 1. The highest BCUT2D eigenvalue weighted by Gasteiger charge is 2.43. The van der Waals surface area contributed by atoms with E-state index in [2.05, 4.69) is 5.32 Å². The number of carbonyl (C=O) groups is 1. The molecule has 0 radical (unpaired) electrons. The number of nitrogens with zero attached hydrogens (tertiary/aromatic N) is 2. The van der Waals surface area contributed by atoms with Gasteiger partial charge in [0.25, 0.3) is 0 Å². The molecule has 1 saturated heterocycles. The van der Waals surface area contributed by atoms with Gasteiger partial charge in [-0.1, -0.05) is 12.5 Å². The Balaban J connectivity index is 1.69. The quantitative estimate of drug-likeness (QED) is 0.793. The first-order valence-corrected chi connectivity index (χ1v) is 11.2. The first kappa shape index (κ1) is 22.0. The molecular weight excluding hydrogens is 407 g/mol. The highest BCUT2D eigenvalue weighted by Crippen LogP contribution is 2.40. The van der Waals surface area contributed by atoms with Crippen LogP contribution in [0.4, 0.5) is 18.9 Å². The highest BCUT2D eigenvalue weighted by molar-refractivity contribution is 7.89. The Morgan fingerprint density at radius 1 is 1.14 bits per heavy atom. The summed E-state index contributed by atoms with van der Waals surface area (Å²) in [7, 11) is -1.76. The fraction of sp³-hybridized carbons (Fsp3) is 0.632. The maximum Gasteiger partial charge on any atom is 0.391 e. The molecule has 2 aliphatic rings. The number of carbonyl (C=O) groups excluding carboxylic acids is 1. The Bertz CT molecular complexity index is 837. The van der Waals surface area contributed by atoms with Crippen molar-refractivity contribution in [1.82, 2.24) is 9.21 Å². The second-order valence-electron chi connectivity index (χ2n) is 7.83. The summed E-state index contributed by atoms with van der Waals surface area (Å²) in [6.07, 6.45) is -3.73. The van der Waals surface area contributed by atoms with Gasteiger partial charge in [-0.25, -0.2) is 8.42 Å². The van der Waals surface area contributed by atoms with Crippen LogP contribution in [-0.2, 0) is 14.8 Å². The van der Waals surface area contributed by atoms with Crippen LogP contribution in [0.1, 0.15) is 25.7 Å². The lowest BCUT2D eigenvalue weighted by molar-refractivity contribution is -0.185. The van der Waals surface area contributed by atoms with Crippen molar-refractivity contribution in [3.63, 3.8) is 0 Å². The van der Waals surface area contributed by atoms with E-state index in [0.717, 1.165) is 0 Å². The van der Waals surface area contributed by atoms with Gasteiger partial charge in [0.15, 0.2) is 0 Å². The Morgan fingerprint density at radius 3 is 2.48 bits per heavy atom. The van der Waals surface area contributed by atoms with Crippen molar-refractivity contribution in [2.75, 3.05) is 38.5 Å². The van der Waals surface area contributed by atoms with Crippen molar-refractivity contribution in [3.8, 4) is 0 Å². The van der Waals surface area contributed by atoms with E-state index in [1.54, 1.807) is 6.07 Å². The van der Waals surface area contributed by atoms with Crippen molar-refractivity contribution in [1.29, 1.82) is 0 Å². The fourth-order valence-corrected chi connectivity index (χ4v) is 5.35. The average molecular weight is 433 g/mol. The van der Waals surface area contributed by atoms with Crippen LogP contribution in [-0.4, -0.2) is 62.9 Å². The number of rotatable bonds is 4. The van der Waals surface area contributed by atoms with Crippen molar-refractivity contribution in [3.05, 3.63) is 24.3 Å². The molecule has 0 bridgehead atoms. The zero-order valence-corrected chi connectivity index (χ0v) is 17.1. The zero-order valence-electron chi connectivity index (χ0n) is 16.3. The van der Waals surface area contributed by atoms with Crippen LogP contribution in [0.2, 0.25) is 0 Å². The van der Waals surface area contributed by atoms with E-state index in [4.69, 9.17) is 0 Å². The number of anilines is 1. The van der Waals surface area contributed by atoms with E-state index < -0.39 is 33.9 Å². The average Bonchev–Trinajstić information content (AvgIpc) is 2.68. The minimum Gasteiger partial charge on any atom is -0.326 e. The van der Waals surface area contributed by atoms with E-state index >= 15 is 0 Å². The molecule has 2 fully saturated rings. The molecule has 162 valence electrons. The van der Waals surface area contributed by atoms with Crippen LogP contribution in [0.25, 0.3) is 0 Å².